The summed E-state index contributed by atoms with van der Waals surface area (Å²) in [6.45, 7) is 8.82. The standard InChI is InChI=1S/C23H29FN8O2/c1-15-16(2)32-19-20(27(3)23(34)28(4)21(19)33)25-22(32)31(26-15)14-11-29-9-12-30(13-10-29)18-7-5-17(24)6-8-18/h5-8,16H,9-14H2,1-4H3/t16-/m1/s1. The number of hydrogen-bond acceptors (Lipinski definition) is 7. The lowest BCUT2D eigenvalue weighted by atomic mass is 10.2. The Balaban J connectivity index is 1.35. The fourth-order valence-electron chi connectivity index (χ4n) is 4.73. The van der Waals surface area contributed by atoms with Crippen LogP contribution in [0, 0.1) is 5.82 Å². The van der Waals surface area contributed by atoms with E-state index in [0.29, 0.717) is 23.7 Å². The van der Waals surface area contributed by atoms with Crippen molar-refractivity contribution in [1.29, 1.82) is 0 Å². The molecule has 0 aliphatic carbocycles. The number of nitrogens with zero attached hydrogens (tertiary/aromatic N) is 8. The van der Waals surface area contributed by atoms with Gasteiger partial charge in [0.25, 0.3) is 5.56 Å². The number of rotatable bonds is 4. The molecule has 1 atom stereocenters. The number of hydrazone groups is 1. The zero-order valence-electron chi connectivity index (χ0n) is 19.9. The summed E-state index contributed by atoms with van der Waals surface area (Å²) >= 11 is 0. The summed E-state index contributed by atoms with van der Waals surface area (Å²) in [5.74, 6) is 0.356. The monoisotopic (exact) mass is 468 g/mol. The first kappa shape index (κ1) is 22.3. The summed E-state index contributed by atoms with van der Waals surface area (Å²) in [6.07, 6.45) is 0. The van der Waals surface area contributed by atoms with Crippen molar-refractivity contribution in [3.63, 3.8) is 0 Å². The molecule has 4 heterocycles. The highest BCUT2D eigenvalue weighted by Crippen LogP contribution is 2.29. The van der Waals surface area contributed by atoms with Crippen LogP contribution in [0.2, 0.25) is 0 Å². The van der Waals surface area contributed by atoms with E-state index in [1.165, 1.54) is 23.7 Å². The number of imidazole rings is 1. The highest BCUT2D eigenvalue weighted by atomic mass is 19.1. The second kappa shape index (κ2) is 8.39. The average Bonchev–Trinajstić information content (AvgIpc) is 3.25. The van der Waals surface area contributed by atoms with Crippen molar-refractivity contribution in [3.05, 3.63) is 50.9 Å². The van der Waals surface area contributed by atoms with E-state index in [9.17, 15) is 14.0 Å². The van der Waals surface area contributed by atoms with Crippen LogP contribution in [-0.4, -0.2) is 68.6 Å². The van der Waals surface area contributed by atoms with E-state index in [2.05, 4.69) is 14.8 Å². The highest BCUT2D eigenvalue weighted by molar-refractivity contribution is 5.91. The molecule has 2 aromatic heterocycles. The van der Waals surface area contributed by atoms with Crippen LogP contribution in [0.15, 0.2) is 39.0 Å². The number of piperazine rings is 1. The quantitative estimate of drug-likeness (QED) is 0.571. The molecule has 0 N–H and O–H groups in total. The summed E-state index contributed by atoms with van der Waals surface area (Å²) in [4.78, 5) is 34.7. The van der Waals surface area contributed by atoms with Gasteiger partial charge in [-0.15, -0.1) is 0 Å². The number of aryl methyl sites for hydroxylation is 1. The molecule has 5 rings (SSSR count). The first-order valence-corrected chi connectivity index (χ1v) is 11.5. The highest BCUT2D eigenvalue weighted by Gasteiger charge is 2.30. The first-order chi connectivity index (χ1) is 16.3. The van der Waals surface area contributed by atoms with Crippen molar-refractivity contribution in [2.75, 3.05) is 49.2 Å². The predicted octanol–water partition coefficient (Wildman–Crippen LogP) is 1.15. The van der Waals surface area contributed by atoms with Gasteiger partial charge in [-0.05, 0) is 38.1 Å². The molecule has 11 heteroatoms. The number of halogens is 1. The van der Waals surface area contributed by atoms with Gasteiger partial charge in [0.2, 0.25) is 5.95 Å². The van der Waals surface area contributed by atoms with Gasteiger partial charge in [0.15, 0.2) is 11.2 Å². The van der Waals surface area contributed by atoms with Gasteiger partial charge in [0, 0.05) is 52.5 Å². The molecule has 1 aromatic carbocycles. The van der Waals surface area contributed by atoms with Crippen LogP contribution in [0.1, 0.15) is 19.9 Å². The van der Waals surface area contributed by atoms with E-state index in [1.807, 2.05) is 35.6 Å². The molecular formula is C23H29FN8O2. The maximum Gasteiger partial charge on any atom is 0.332 e. The van der Waals surface area contributed by atoms with E-state index in [0.717, 1.165) is 48.7 Å². The number of benzene rings is 1. The summed E-state index contributed by atoms with van der Waals surface area (Å²) in [7, 11) is 3.12. The lowest BCUT2D eigenvalue weighted by Crippen LogP contribution is -2.48. The molecule has 3 aromatic rings. The van der Waals surface area contributed by atoms with Gasteiger partial charge < -0.3 is 4.90 Å². The minimum atomic E-state index is -0.399. The second-order valence-electron chi connectivity index (χ2n) is 9.01. The average molecular weight is 469 g/mol. The Bertz CT molecular complexity index is 1380. The number of aromatic nitrogens is 4. The van der Waals surface area contributed by atoms with Gasteiger partial charge in [0.05, 0.1) is 18.3 Å². The van der Waals surface area contributed by atoms with Crippen molar-refractivity contribution >= 4 is 28.5 Å². The molecule has 0 saturated carbocycles. The van der Waals surface area contributed by atoms with Crippen molar-refractivity contribution in [2.24, 2.45) is 19.2 Å². The lowest BCUT2D eigenvalue weighted by Gasteiger charge is -2.37. The summed E-state index contributed by atoms with van der Waals surface area (Å²) in [5, 5.41) is 6.60. The van der Waals surface area contributed by atoms with Crippen LogP contribution in [-0.2, 0) is 14.1 Å². The maximum atomic E-state index is 13.2. The molecule has 1 fully saturated rings. The second-order valence-corrected chi connectivity index (χ2v) is 9.01. The molecule has 0 unspecified atom stereocenters. The smallest absolute Gasteiger partial charge is 0.332 e. The zero-order chi connectivity index (χ0) is 24.1. The van der Waals surface area contributed by atoms with E-state index in [1.54, 1.807) is 7.05 Å². The van der Waals surface area contributed by atoms with Crippen LogP contribution < -0.4 is 21.2 Å². The fourth-order valence-corrected chi connectivity index (χ4v) is 4.73. The normalized spacial score (nSPS) is 19.0. The molecule has 2 aliphatic heterocycles. The Morgan fingerprint density at radius 1 is 1.00 bits per heavy atom. The van der Waals surface area contributed by atoms with Crippen LogP contribution >= 0.6 is 0 Å². The predicted molar refractivity (Wildman–Crippen MR) is 130 cm³/mol. The van der Waals surface area contributed by atoms with Crippen molar-refractivity contribution in [1.82, 2.24) is 23.6 Å². The number of hydrogen-bond donors (Lipinski definition) is 0. The third kappa shape index (κ3) is 3.60. The van der Waals surface area contributed by atoms with Gasteiger partial charge in [-0.1, -0.05) is 0 Å². The van der Waals surface area contributed by atoms with Crippen molar-refractivity contribution < 1.29 is 4.39 Å². The van der Waals surface area contributed by atoms with Crippen LogP contribution in [0.4, 0.5) is 16.0 Å². The van der Waals surface area contributed by atoms with Gasteiger partial charge >= 0.3 is 5.69 Å². The largest absolute Gasteiger partial charge is 0.369 e. The Morgan fingerprint density at radius 2 is 1.68 bits per heavy atom. The molecule has 10 nitrogen and oxygen atoms in total. The maximum absolute atomic E-state index is 13.2. The van der Waals surface area contributed by atoms with Gasteiger partial charge in [0.1, 0.15) is 5.82 Å². The van der Waals surface area contributed by atoms with Crippen molar-refractivity contribution in [3.8, 4) is 0 Å². The molecule has 0 spiro atoms. The fraction of sp³-hybridized carbons (Fsp3) is 0.478. The molecular weight excluding hydrogens is 439 g/mol. The molecule has 1 saturated heterocycles. The minimum absolute atomic E-state index is 0.138. The van der Waals surface area contributed by atoms with Crippen LogP contribution in [0.25, 0.3) is 11.2 Å². The molecule has 0 radical (unpaired) electrons. The van der Waals surface area contributed by atoms with E-state index >= 15 is 0 Å². The van der Waals surface area contributed by atoms with E-state index in [4.69, 9.17) is 5.10 Å². The molecule has 2 aliphatic rings. The minimum Gasteiger partial charge on any atom is -0.369 e. The molecule has 180 valence electrons. The topological polar surface area (TPSA) is 83.9 Å². The van der Waals surface area contributed by atoms with Gasteiger partial charge in [-0.3, -0.25) is 23.4 Å². The Hall–Kier alpha value is -3.47. The molecule has 0 amide bonds. The first-order valence-electron chi connectivity index (χ1n) is 11.5. The lowest BCUT2D eigenvalue weighted by molar-refractivity contribution is 0.262. The van der Waals surface area contributed by atoms with E-state index in [-0.39, 0.29) is 17.4 Å². The summed E-state index contributed by atoms with van der Waals surface area (Å²) in [6, 6.07) is 6.49. The van der Waals surface area contributed by atoms with Crippen molar-refractivity contribution in [2.45, 2.75) is 19.9 Å². The summed E-state index contributed by atoms with van der Waals surface area (Å²) in [5.41, 5.74) is 1.95. The Morgan fingerprint density at radius 3 is 2.35 bits per heavy atom. The Labute approximate surface area is 196 Å². The molecule has 0 bridgehead atoms. The number of anilines is 2. The summed E-state index contributed by atoms with van der Waals surface area (Å²) < 4.78 is 17.6. The SMILES string of the molecule is CC1=NN(CCN2CCN(c3ccc(F)cc3)CC2)c2nc3c(c(=O)n(C)c(=O)n3C)n2[C@@H]1C. The van der Waals surface area contributed by atoms with Gasteiger partial charge in [-0.25, -0.2) is 14.2 Å². The third-order valence-electron chi connectivity index (χ3n) is 6.97. The van der Waals surface area contributed by atoms with Gasteiger partial charge in [-0.2, -0.15) is 10.1 Å². The van der Waals surface area contributed by atoms with E-state index < -0.39 is 5.69 Å². The third-order valence-corrected chi connectivity index (χ3v) is 6.97. The number of fused-ring (bicyclic) bond motifs is 3. The molecule has 34 heavy (non-hydrogen) atoms. The Kier molecular flexibility index (Phi) is 5.51. The zero-order valence-corrected chi connectivity index (χ0v) is 19.9. The van der Waals surface area contributed by atoms with Crippen LogP contribution in [0.5, 0.6) is 0 Å². The van der Waals surface area contributed by atoms with Crippen LogP contribution in [0.3, 0.4) is 0 Å².